The second-order valence-corrected chi connectivity index (χ2v) is 4.75. The standard InChI is InChI=1S/C12H12ClFN2O/c13-9-4-7(14)5-10-12(9)17-11(16-10)6-8-2-1-3-15-8/h4-5,8,15H,1-3,6H2. The highest BCUT2D eigenvalue weighted by Crippen LogP contribution is 2.26. The molecule has 3 nitrogen and oxygen atoms in total. The van der Waals surface area contributed by atoms with Gasteiger partial charge in [0.15, 0.2) is 11.5 Å². The number of hydrogen-bond donors (Lipinski definition) is 1. The maximum Gasteiger partial charge on any atom is 0.197 e. The fourth-order valence-corrected chi connectivity index (χ4v) is 2.47. The largest absolute Gasteiger partial charge is 0.439 e. The summed E-state index contributed by atoms with van der Waals surface area (Å²) in [5, 5.41) is 3.64. The topological polar surface area (TPSA) is 38.1 Å². The molecule has 2 aromatic rings. The molecule has 1 aromatic heterocycles. The zero-order valence-electron chi connectivity index (χ0n) is 9.17. The van der Waals surface area contributed by atoms with Gasteiger partial charge in [-0.1, -0.05) is 11.6 Å². The van der Waals surface area contributed by atoms with Crippen molar-refractivity contribution >= 4 is 22.7 Å². The van der Waals surface area contributed by atoms with Gasteiger partial charge in [0.1, 0.15) is 11.3 Å². The molecule has 5 heteroatoms. The van der Waals surface area contributed by atoms with Gasteiger partial charge < -0.3 is 9.73 Å². The Hall–Kier alpha value is -1.13. The maximum absolute atomic E-state index is 13.1. The lowest BCUT2D eigenvalue weighted by Crippen LogP contribution is -2.23. The van der Waals surface area contributed by atoms with Crippen molar-refractivity contribution < 1.29 is 8.81 Å². The molecular weight excluding hydrogens is 243 g/mol. The van der Waals surface area contributed by atoms with Gasteiger partial charge in [-0.05, 0) is 25.5 Å². The van der Waals surface area contributed by atoms with Gasteiger partial charge in [-0.2, -0.15) is 0 Å². The van der Waals surface area contributed by atoms with Crippen LogP contribution in [0.15, 0.2) is 16.5 Å². The zero-order chi connectivity index (χ0) is 11.8. The molecule has 0 radical (unpaired) electrons. The summed E-state index contributed by atoms with van der Waals surface area (Å²) in [6.07, 6.45) is 3.04. The van der Waals surface area contributed by atoms with E-state index in [2.05, 4.69) is 10.3 Å². The van der Waals surface area contributed by atoms with Crippen LogP contribution in [0.1, 0.15) is 18.7 Å². The molecule has 90 valence electrons. The lowest BCUT2D eigenvalue weighted by molar-refractivity contribution is 0.478. The van der Waals surface area contributed by atoms with Crippen LogP contribution in [-0.2, 0) is 6.42 Å². The number of aromatic nitrogens is 1. The Bertz CT molecular complexity index is 549. The molecule has 0 saturated carbocycles. The highest BCUT2D eigenvalue weighted by molar-refractivity contribution is 6.34. The van der Waals surface area contributed by atoms with Gasteiger partial charge in [-0.15, -0.1) is 0 Å². The van der Waals surface area contributed by atoms with E-state index < -0.39 is 0 Å². The highest BCUT2D eigenvalue weighted by Gasteiger charge is 2.18. The van der Waals surface area contributed by atoms with Crippen molar-refractivity contribution in [2.75, 3.05) is 6.54 Å². The molecule has 1 aliphatic heterocycles. The average molecular weight is 255 g/mol. The minimum atomic E-state index is -0.388. The van der Waals surface area contributed by atoms with Crippen LogP contribution in [0.4, 0.5) is 4.39 Å². The van der Waals surface area contributed by atoms with Crippen molar-refractivity contribution in [1.82, 2.24) is 10.3 Å². The van der Waals surface area contributed by atoms with E-state index in [0.717, 1.165) is 19.4 Å². The molecule has 1 aliphatic rings. The Morgan fingerprint density at radius 1 is 1.53 bits per heavy atom. The van der Waals surface area contributed by atoms with Crippen LogP contribution in [0.25, 0.3) is 11.1 Å². The van der Waals surface area contributed by atoms with Crippen LogP contribution in [0.2, 0.25) is 5.02 Å². The summed E-state index contributed by atoms with van der Waals surface area (Å²) in [5.41, 5.74) is 0.962. The predicted octanol–water partition coefficient (Wildman–Crippen LogP) is 2.91. The van der Waals surface area contributed by atoms with E-state index in [9.17, 15) is 4.39 Å². The summed E-state index contributed by atoms with van der Waals surface area (Å²) < 4.78 is 18.7. The first-order valence-electron chi connectivity index (χ1n) is 5.70. The van der Waals surface area contributed by atoms with E-state index in [1.54, 1.807) is 0 Å². The molecule has 3 rings (SSSR count). The number of fused-ring (bicyclic) bond motifs is 1. The van der Waals surface area contributed by atoms with Crippen molar-refractivity contribution in [3.05, 3.63) is 28.9 Å². The Morgan fingerprint density at radius 3 is 3.18 bits per heavy atom. The highest BCUT2D eigenvalue weighted by atomic mass is 35.5. The third-order valence-corrected chi connectivity index (χ3v) is 3.32. The Balaban J connectivity index is 1.93. The zero-order valence-corrected chi connectivity index (χ0v) is 9.93. The molecule has 0 bridgehead atoms. The Kier molecular flexibility index (Phi) is 2.76. The van der Waals surface area contributed by atoms with Crippen molar-refractivity contribution in [3.8, 4) is 0 Å². The third kappa shape index (κ3) is 2.15. The van der Waals surface area contributed by atoms with Crippen molar-refractivity contribution in [2.24, 2.45) is 0 Å². The second-order valence-electron chi connectivity index (χ2n) is 4.34. The molecule has 1 saturated heterocycles. The quantitative estimate of drug-likeness (QED) is 0.896. The minimum Gasteiger partial charge on any atom is -0.439 e. The van der Waals surface area contributed by atoms with Gasteiger partial charge in [0, 0.05) is 18.5 Å². The maximum atomic E-state index is 13.1. The molecule has 1 atom stereocenters. The number of halogens is 2. The van der Waals surface area contributed by atoms with Crippen molar-refractivity contribution in [3.63, 3.8) is 0 Å². The number of benzene rings is 1. The van der Waals surface area contributed by atoms with Crippen LogP contribution >= 0.6 is 11.6 Å². The van der Waals surface area contributed by atoms with Crippen LogP contribution in [-0.4, -0.2) is 17.6 Å². The summed E-state index contributed by atoms with van der Waals surface area (Å²) in [7, 11) is 0. The molecule has 0 aliphatic carbocycles. The van der Waals surface area contributed by atoms with E-state index >= 15 is 0 Å². The molecule has 17 heavy (non-hydrogen) atoms. The molecule has 1 fully saturated rings. The van der Waals surface area contributed by atoms with E-state index in [4.69, 9.17) is 16.0 Å². The summed E-state index contributed by atoms with van der Waals surface area (Å²) in [5.74, 6) is 0.230. The molecular formula is C12H12ClFN2O. The predicted molar refractivity (Wildman–Crippen MR) is 63.7 cm³/mol. The SMILES string of the molecule is Fc1cc(Cl)c2oc(CC3CCCN3)nc2c1. The van der Waals surface area contributed by atoms with Crippen molar-refractivity contribution in [2.45, 2.75) is 25.3 Å². The minimum absolute atomic E-state index is 0.276. The van der Waals surface area contributed by atoms with Gasteiger partial charge in [0.05, 0.1) is 5.02 Å². The van der Waals surface area contributed by atoms with Gasteiger partial charge >= 0.3 is 0 Å². The van der Waals surface area contributed by atoms with Crippen LogP contribution in [0.3, 0.4) is 0 Å². The summed E-state index contributed by atoms with van der Waals surface area (Å²) >= 11 is 5.90. The monoisotopic (exact) mass is 254 g/mol. The third-order valence-electron chi connectivity index (χ3n) is 3.04. The fraction of sp³-hybridized carbons (Fsp3) is 0.417. The normalized spacial score (nSPS) is 20.2. The van der Waals surface area contributed by atoms with E-state index in [1.165, 1.54) is 18.6 Å². The molecule has 0 spiro atoms. The second kappa shape index (κ2) is 4.27. The summed E-state index contributed by atoms with van der Waals surface area (Å²) in [6, 6.07) is 3.00. The van der Waals surface area contributed by atoms with Gasteiger partial charge in [-0.3, -0.25) is 0 Å². The van der Waals surface area contributed by atoms with Crippen LogP contribution < -0.4 is 5.32 Å². The van der Waals surface area contributed by atoms with Crippen molar-refractivity contribution in [1.29, 1.82) is 0 Å². The Labute approximate surface area is 103 Å². The summed E-state index contributed by atoms with van der Waals surface area (Å²) in [6.45, 7) is 1.04. The van der Waals surface area contributed by atoms with Gasteiger partial charge in [0.2, 0.25) is 0 Å². The molecule has 2 heterocycles. The number of rotatable bonds is 2. The average Bonchev–Trinajstić information content (AvgIpc) is 2.87. The lowest BCUT2D eigenvalue weighted by atomic mass is 10.2. The first-order chi connectivity index (χ1) is 8.22. The number of hydrogen-bond acceptors (Lipinski definition) is 3. The first kappa shape index (κ1) is 11.0. The van der Waals surface area contributed by atoms with E-state index in [-0.39, 0.29) is 10.8 Å². The number of nitrogens with zero attached hydrogens (tertiary/aromatic N) is 1. The lowest BCUT2D eigenvalue weighted by Gasteiger charge is -2.05. The van der Waals surface area contributed by atoms with Gasteiger partial charge in [-0.25, -0.2) is 9.37 Å². The molecule has 1 unspecified atom stereocenters. The van der Waals surface area contributed by atoms with E-state index in [1.807, 2.05) is 0 Å². The van der Waals surface area contributed by atoms with E-state index in [0.29, 0.717) is 23.0 Å². The smallest absolute Gasteiger partial charge is 0.197 e. The fourth-order valence-electron chi connectivity index (χ4n) is 2.23. The molecule has 0 amide bonds. The van der Waals surface area contributed by atoms with Gasteiger partial charge in [0.25, 0.3) is 0 Å². The number of nitrogens with one attached hydrogen (secondary N) is 1. The summed E-state index contributed by atoms with van der Waals surface area (Å²) in [4.78, 5) is 4.27. The first-order valence-corrected chi connectivity index (χ1v) is 6.08. The molecule has 1 N–H and O–H groups in total. The van der Waals surface area contributed by atoms with Crippen LogP contribution in [0.5, 0.6) is 0 Å². The molecule has 1 aromatic carbocycles. The number of oxazole rings is 1. The van der Waals surface area contributed by atoms with Crippen LogP contribution in [0, 0.1) is 5.82 Å². The Morgan fingerprint density at radius 2 is 2.41 bits per heavy atom.